The molecule has 2 aromatic rings. The Kier molecular flexibility index (Phi) is 5.87. The van der Waals surface area contributed by atoms with Crippen molar-refractivity contribution >= 4 is 29.3 Å². The SMILES string of the molecule is N=C(OCc1nc(NC2CC2)c2c(n1)N(c1ccc3c(c1)CCO3)C(=O)C21CCCC1)N1CCC[C@@H]1C(F)(F)F. The third-order valence-corrected chi connectivity index (χ3v) is 8.78. The predicted molar refractivity (Wildman–Crippen MR) is 140 cm³/mol. The number of amidine groups is 1. The van der Waals surface area contributed by atoms with Gasteiger partial charge >= 0.3 is 6.18 Å². The first-order chi connectivity index (χ1) is 19.2. The molecular formula is C28H31F3N6O3. The molecule has 2 N–H and O–H groups in total. The highest BCUT2D eigenvalue weighted by molar-refractivity contribution is 6.13. The Morgan fingerprint density at radius 2 is 1.98 bits per heavy atom. The molecule has 1 aromatic carbocycles. The zero-order valence-corrected chi connectivity index (χ0v) is 22.0. The van der Waals surface area contributed by atoms with Crippen LogP contribution >= 0.6 is 0 Å². The van der Waals surface area contributed by atoms with Gasteiger partial charge in [0.25, 0.3) is 6.02 Å². The Labute approximate surface area is 229 Å². The number of amides is 1. The summed E-state index contributed by atoms with van der Waals surface area (Å²) in [5.74, 6) is 2.09. The average molecular weight is 557 g/mol. The number of carbonyl (C=O) groups is 1. The number of ether oxygens (including phenoxy) is 2. The first-order valence-electron chi connectivity index (χ1n) is 14.1. The van der Waals surface area contributed by atoms with Crippen LogP contribution in [-0.4, -0.2) is 58.2 Å². The third-order valence-electron chi connectivity index (χ3n) is 8.78. The van der Waals surface area contributed by atoms with Crippen molar-refractivity contribution in [2.45, 2.75) is 88.1 Å². The quantitative estimate of drug-likeness (QED) is 0.397. The summed E-state index contributed by atoms with van der Waals surface area (Å²) in [4.78, 5) is 26.4. The number of alkyl halides is 3. The number of anilines is 3. The fraction of sp³-hybridized carbons (Fsp3) is 0.571. The summed E-state index contributed by atoms with van der Waals surface area (Å²) in [5, 5.41) is 11.7. The number of halogens is 3. The van der Waals surface area contributed by atoms with Crippen LogP contribution in [0.25, 0.3) is 0 Å². The van der Waals surface area contributed by atoms with Crippen LogP contribution in [0.5, 0.6) is 5.75 Å². The smallest absolute Gasteiger partial charge is 0.408 e. The number of likely N-dealkylation sites (tertiary alicyclic amines) is 1. The highest BCUT2D eigenvalue weighted by atomic mass is 19.4. The highest BCUT2D eigenvalue weighted by Crippen LogP contribution is 2.55. The fourth-order valence-corrected chi connectivity index (χ4v) is 6.66. The molecule has 1 spiro atoms. The number of hydrogen-bond donors (Lipinski definition) is 2. The predicted octanol–water partition coefficient (Wildman–Crippen LogP) is 4.95. The van der Waals surface area contributed by atoms with Crippen LogP contribution in [0.1, 0.15) is 68.3 Å². The van der Waals surface area contributed by atoms with E-state index in [1.165, 1.54) is 0 Å². The molecule has 7 rings (SSSR count). The normalized spacial score (nSPS) is 23.0. The number of rotatable bonds is 5. The molecule has 4 heterocycles. The zero-order chi connectivity index (χ0) is 27.6. The Balaban J connectivity index is 1.25. The summed E-state index contributed by atoms with van der Waals surface area (Å²) in [7, 11) is 0. The second kappa shape index (κ2) is 9.24. The summed E-state index contributed by atoms with van der Waals surface area (Å²) >= 11 is 0. The molecule has 1 aromatic heterocycles. The molecule has 1 amide bonds. The van der Waals surface area contributed by atoms with E-state index in [0.717, 1.165) is 53.9 Å². The Morgan fingerprint density at radius 3 is 2.73 bits per heavy atom. The van der Waals surface area contributed by atoms with Gasteiger partial charge in [-0.05, 0) is 62.3 Å². The number of benzene rings is 1. The number of hydrogen-bond acceptors (Lipinski definition) is 7. The maximum absolute atomic E-state index is 14.2. The molecule has 1 saturated heterocycles. The molecule has 2 saturated carbocycles. The van der Waals surface area contributed by atoms with Crippen molar-refractivity contribution in [3.63, 3.8) is 0 Å². The molecule has 40 heavy (non-hydrogen) atoms. The fourth-order valence-electron chi connectivity index (χ4n) is 6.66. The molecule has 0 radical (unpaired) electrons. The molecule has 12 heteroatoms. The Bertz CT molecular complexity index is 1370. The monoisotopic (exact) mass is 556 g/mol. The van der Waals surface area contributed by atoms with Crippen LogP contribution in [0.15, 0.2) is 18.2 Å². The lowest BCUT2D eigenvalue weighted by atomic mass is 9.80. The second-order valence-corrected chi connectivity index (χ2v) is 11.4. The molecule has 2 aliphatic carbocycles. The summed E-state index contributed by atoms with van der Waals surface area (Å²) in [6.07, 6.45) is 1.87. The topological polar surface area (TPSA) is 104 Å². The number of nitrogens with one attached hydrogen (secondary N) is 2. The highest BCUT2D eigenvalue weighted by Gasteiger charge is 2.56. The summed E-state index contributed by atoms with van der Waals surface area (Å²) < 4.78 is 51.6. The van der Waals surface area contributed by atoms with E-state index in [0.29, 0.717) is 43.2 Å². The van der Waals surface area contributed by atoms with Gasteiger partial charge in [0.05, 0.1) is 23.3 Å². The largest absolute Gasteiger partial charge is 0.493 e. The first kappa shape index (κ1) is 25.4. The number of aromatic nitrogens is 2. The second-order valence-electron chi connectivity index (χ2n) is 11.4. The van der Waals surface area contributed by atoms with Crippen molar-refractivity contribution in [1.29, 1.82) is 5.41 Å². The minimum atomic E-state index is -4.44. The van der Waals surface area contributed by atoms with Crippen LogP contribution in [0.4, 0.5) is 30.5 Å². The van der Waals surface area contributed by atoms with E-state index in [1.807, 2.05) is 18.2 Å². The molecule has 5 aliphatic rings. The van der Waals surface area contributed by atoms with Gasteiger partial charge in [-0.1, -0.05) is 12.8 Å². The van der Waals surface area contributed by atoms with Crippen molar-refractivity contribution in [2.75, 3.05) is 23.4 Å². The lowest BCUT2D eigenvalue weighted by Gasteiger charge is -2.27. The van der Waals surface area contributed by atoms with Crippen molar-refractivity contribution in [3.8, 4) is 5.75 Å². The minimum Gasteiger partial charge on any atom is -0.493 e. The van der Waals surface area contributed by atoms with E-state index in [1.54, 1.807) is 4.90 Å². The Hall–Kier alpha value is -3.57. The van der Waals surface area contributed by atoms with Crippen molar-refractivity contribution < 1.29 is 27.4 Å². The molecule has 9 nitrogen and oxygen atoms in total. The Morgan fingerprint density at radius 1 is 1.18 bits per heavy atom. The van der Waals surface area contributed by atoms with Crippen LogP contribution in [0, 0.1) is 5.41 Å². The first-order valence-corrected chi connectivity index (χ1v) is 14.1. The maximum Gasteiger partial charge on any atom is 0.408 e. The van der Waals surface area contributed by atoms with Crippen LogP contribution in [-0.2, 0) is 28.0 Å². The minimum absolute atomic E-state index is 0.0251. The van der Waals surface area contributed by atoms with Crippen molar-refractivity contribution in [1.82, 2.24) is 14.9 Å². The van der Waals surface area contributed by atoms with Gasteiger partial charge in [0.2, 0.25) is 5.91 Å². The van der Waals surface area contributed by atoms with Gasteiger partial charge in [-0.25, -0.2) is 9.97 Å². The average Bonchev–Trinajstić information content (AvgIpc) is 3.34. The molecule has 0 unspecified atom stereocenters. The van der Waals surface area contributed by atoms with E-state index in [4.69, 9.17) is 24.9 Å². The van der Waals surface area contributed by atoms with Crippen molar-refractivity contribution in [2.24, 2.45) is 0 Å². The number of fused-ring (bicyclic) bond motifs is 3. The van der Waals surface area contributed by atoms with Crippen LogP contribution < -0.4 is 15.0 Å². The lowest BCUT2D eigenvalue weighted by Crippen LogP contribution is -2.45. The van der Waals surface area contributed by atoms with Crippen LogP contribution in [0.2, 0.25) is 0 Å². The molecule has 0 bridgehead atoms. The summed E-state index contributed by atoms with van der Waals surface area (Å²) in [5.41, 5.74) is 1.82. The molecule has 1 atom stereocenters. The summed E-state index contributed by atoms with van der Waals surface area (Å²) in [6.45, 7) is 0.430. The number of carbonyl (C=O) groups excluding carboxylic acids is 1. The molecular weight excluding hydrogens is 525 g/mol. The third kappa shape index (κ3) is 4.14. The maximum atomic E-state index is 14.2. The molecule has 212 valence electrons. The molecule has 3 aliphatic heterocycles. The lowest BCUT2D eigenvalue weighted by molar-refractivity contribution is -0.169. The van der Waals surface area contributed by atoms with E-state index in [9.17, 15) is 18.0 Å². The summed E-state index contributed by atoms with van der Waals surface area (Å²) in [6, 6.07) is 3.71. The molecule has 3 fully saturated rings. The standard InChI is InChI=1S/C28H31F3N6O3/c29-28(30,31)20-4-3-12-36(20)26(32)40-15-21-34-23(33-17-5-6-17)22-24(35-21)37(25(38)27(22)10-1-2-11-27)18-7-8-19-16(14-18)9-13-39-19/h7-8,14,17,20,32H,1-6,9-13,15H2,(H,33,34,35)/t20-/m1/s1. The van der Waals surface area contributed by atoms with Gasteiger partial charge in [0.1, 0.15) is 23.4 Å². The van der Waals surface area contributed by atoms with E-state index in [-0.39, 0.29) is 37.3 Å². The van der Waals surface area contributed by atoms with Gasteiger partial charge in [0.15, 0.2) is 12.4 Å². The number of nitrogens with zero attached hydrogens (tertiary/aromatic N) is 4. The van der Waals surface area contributed by atoms with Gasteiger partial charge in [-0.15, -0.1) is 0 Å². The van der Waals surface area contributed by atoms with Crippen molar-refractivity contribution in [3.05, 3.63) is 35.2 Å². The van der Waals surface area contributed by atoms with Gasteiger partial charge in [0, 0.05) is 19.0 Å². The van der Waals surface area contributed by atoms with Gasteiger partial charge in [-0.3, -0.25) is 15.1 Å². The van der Waals surface area contributed by atoms with Gasteiger partial charge < -0.3 is 19.7 Å². The van der Waals surface area contributed by atoms with E-state index < -0.39 is 23.7 Å². The van der Waals surface area contributed by atoms with Crippen LogP contribution in [0.3, 0.4) is 0 Å². The van der Waals surface area contributed by atoms with Gasteiger partial charge in [-0.2, -0.15) is 13.2 Å². The van der Waals surface area contributed by atoms with E-state index >= 15 is 0 Å². The van der Waals surface area contributed by atoms with E-state index in [2.05, 4.69) is 5.32 Å². The zero-order valence-electron chi connectivity index (χ0n) is 22.0.